The lowest BCUT2D eigenvalue weighted by molar-refractivity contribution is 0.0385. The second kappa shape index (κ2) is 6.63. The van der Waals surface area contributed by atoms with Crippen molar-refractivity contribution >= 4 is 45.4 Å². The Morgan fingerprint density at radius 1 is 0.433 bits per heavy atom. The van der Waals surface area contributed by atoms with Crippen molar-refractivity contribution < 1.29 is 28.7 Å². The lowest BCUT2D eigenvalue weighted by Crippen LogP contribution is -2.19. The molecule has 144 valence electrons. The molecule has 0 spiro atoms. The number of esters is 4. The second-order valence-electron chi connectivity index (χ2n) is 6.81. The maximum atomic E-state index is 11.4. The SMILES string of the molecule is O=C1OC(=O)c2cc3ccccc3cc21.O=C1OC(=O)c2cccc3cccc1c23. The number of cyclic esters (lactones) is 4. The van der Waals surface area contributed by atoms with Crippen molar-refractivity contribution in [3.8, 4) is 0 Å². The summed E-state index contributed by atoms with van der Waals surface area (Å²) in [5, 5.41) is 3.45. The number of fused-ring (bicyclic) bond motifs is 2. The Hall–Kier alpha value is -4.32. The van der Waals surface area contributed by atoms with Gasteiger partial charge in [0.25, 0.3) is 0 Å². The van der Waals surface area contributed by atoms with Gasteiger partial charge in [0.2, 0.25) is 0 Å². The number of benzene rings is 4. The smallest absolute Gasteiger partial charge is 0.346 e. The fraction of sp³-hybridized carbons (Fsp3) is 0. The van der Waals surface area contributed by atoms with Crippen LogP contribution in [-0.2, 0) is 9.47 Å². The van der Waals surface area contributed by atoms with Gasteiger partial charge < -0.3 is 9.47 Å². The van der Waals surface area contributed by atoms with Gasteiger partial charge >= 0.3 is 23.9 Å². The number of carbonyl (C=O) groups is 4. The van der Waals surface area contributed by atoms with Crippen molar-refractivity contribution in [2.45, 2.75) is 0 Å². The Morgan fingerprint density at radius 2 is 0.833 bits per heavy atom. The average Bonchev–Trinajstić information content (AvgIpc) is 3.03. The van der Waals surface area contributed by atoms with Gasteiger partial charge in [0.1, 0.15) is 0 Å². The van der Waals surface area contributed by atoms with Crippen molar-refractivity contribution in [1.29, 1.82) is 0 Å². The predicted octanol–water partition coefficient (Wildman–Crippen LogP) is 4.30. The summed E-state index contributed by atoms with van der Waals surface area (Å²) in [5.41, 5.74) is 1.64. The van der Waals surface area contributed by atoms with Crippen molar-refractivity contribution in [3.63, 3.8) is 0 Å². The van der Waals surface area contributed by atoms with Crippen molar-refractivity contribution in [1.82, 2.24) is 0 Å². The first-order chi connectivity index (χ1) is 14.5. The molecule has 0 bridgehead atoms. The quantitative estimate of drug-likeness (QED) is 0.325. The van der Waals surface area contributed by atoms with E-state index in [1.807, 2.05) is 36.4 Å². The Labute approximate surface area is 169 Å². The normalized spacial score (nSPS) is 14.1. The fourth-order valence-electron chi connectivity index (χ4n) is 3.65. The Bertz CT molecular complexity index is 1310. The molecular formula is C24H12O6. The van der Waals surface area contributed by atoms with Crippen LogP contribution in [0.1, 0.15) is 41.4 Å². The summed E-state index contributed by atoms with van der Waals surface area (Å²) >= 11 is 0. The summed E-state index contributed by atoms with van der Waals surface area (Å²) in [5.74, 6) is -2.24. The molecule has 0 saturated carbocycles. The molecule has 0 unspecified atom stereocenters. The van der Waals surface area contributed by atoms with Crippen LogP contribution < -0.4 is 0 Å². The first-order valence-electron chi connectivity index (χ1n) is 9.10. The molecule has 2 aliphatic heterocycles. The molecule has 2 heterocycles. The topological polar surface area (TPSA) is 86.7 Å². The van der Waals surface area contributed by atoms with E-state index in [0.29, 0.717) is 27.6 Å². The Kier molecular flexibility index (Phi) is 3.93. The van der Waals surface area contributed by atoms with Crippen LogP contribution in [0.2, 0.25) is 0 Å². The lowest BCUT2D eigenvalue weighted by atomic mass is 9.97. The van der Waals surface area contributed by atoms with Crippen molar-refractivity contribution in [2.75, 3.05) is 0 Å². The van der Waals surface area contributed by atoms with Gasteiger partial charge in [-0.1, -0.05) is 48.5 Å². The van der Waals surface area contributed by atoms with E-state index >= 15 is 0 Å². The van der Waals surface area contributed by atoms with E-state index in [2.05, 4.69) is 9.47 Å². The van der Waals surface area contributed by atoms with Gasteiger partial charge in [-0.05, 0) is 40.4 Å². The van der Waals surface area contributed by atoms with Crippen LogP contribution in [0.4, 0.5) is 0 Å². The Morgan fingerprint density at radius 3 is 1.30 bits per heavy atom. The van der Waals surface area contributed by atoms with Crippen LogP contribution in [0.5, 0.6) is 0 Å². The van der Waals surface area contributed by atoms with E-state index in [0.717, 1.165) is 16.2 Å². The third kappa shape index (κ3) is 2.74. The minimum Gasteiger partial charge on any atom is -0.386 e. The predicted molar refractivity (Wildman–Crippen MR) is 107 cm³/mol. The van der Waals surface area contributed by atoms with Crippen LogP contribution in [0.15, 0.2) is 72.8 Å². The summed E-state index contributed by atoms with van der Waals surface area (Å²) in [6.07, 6.45) is 0. The fourth-order valence-corrected chi connectivity index (χ4v) is 3.65. The van der Waals surface area contributed by atoms with Gasteiger partial charge in [-0.3, -0.25) is 0 Å². The summed E-state index contributed by atoms with van der Waals surface area (Å²) < 4.78 is 9.15. The zero-order valence-electron chi connectivity index (χ0n) is 15.4. The monoisotopic (exact) mass is 396 g/mol. The molecule has 0 fully saturated rings. The van der Waals surface area contributed by atoms with Crippen LogP contribution in [-0.4, -0.2) is 23.9 Å². The summed E-state index contributed by atoms with van der Waals surface area (Å²) in [7, 11) is 0. The van der Waals surface area contributed by atoms with E-state index in [1.54, 1.807) is 36.4 Å². The molecule has 2 aliphatic rings. The molecule has 0 aromatic heterocycles. The summed E-state index contributed by atoms with van der Waals surface area (Å²) in [6, 6.07) is 21.6. The maximum absolute atomic E-state index is 11.4. The van der Waals surface area contributed by atoms with Crippen LogP contribution in [0, 0.1) is 0 Å². The molecule has 0 amide bonds. The number of carbonyl (C=O) groups excluding carboxylic acids is 4. The maximum Gasteiger partial charge on any atom is 0.346 e. The lowest BCUT2D eigenvalue weighted by Gasteiger charge is -2.14. The second-order valence-corrected chi connectivity index (χ2v) is 6.81. The molecule has 4 aromatic carbocycles. The molecule has 6 rings (SSSR count). The third-order valence-corrected chi connectivity index (χ3v) is 5.04. The molecule has 6 heteroatoms. The Balaban J connectivity index is 0.000000128. The highest BCUT2D eigenvalue weighted by molar-refractivity contribution is 6.20. The highest BCUT2D eigenvalue weighted by Crippen LogP contribution is 2.28. The highest BCUT2D eigenvalue weighted by atomic mass is 16.6. The highest BCUT2D eigenvalue weighted by Gasteiger charge is 2.29. The zero-order chi connectivity index (χ0) is 20.8. The van der Waals surface area contributed by atoms with Gasteiger partial charge in [0, 0.05) is 5.39 Å². The standard InChI is InChI=1S/2C12H6O3/c13-11-8-5-1-3-7-4-2-6-9(10(7)8)12(14)15-11;13-11-9-5-7-3-1-2-4-8(7)6-10(9)12(14)15-11/h2*1-6H. The molecule has 0 aliphatic carbocycles. The average molecular weight is 396 g/mol. The van der Waals surface area contributed by atoms with E-state index in [9.17, 15) is 19.2 Å². The summed E-state index contributed by atoms with van der Waals surface area (Å²) in [4.78, 5) is 45.4. The number of rotatable bonds is 0. The molecule has 0 saturated heterocycles. The molecule has 0 N–H and O–H groups in total. The van der Waals surface area contributed by atoms with Gasteiger partial charge in [-0.2, -0.15) is 0 Å². The van der Waals surface area contributed by atoms with Gasteiger partial charge in [-0.15, -0.1) is 0 Å². The first-order valence-corrected chi connectivity index (χ1v) is 9.10. The minimum atomic E-state index is -0.565. The molecule has 4 aromatic rings. The van der Waals surface area contributed by atoms with E-state index in [4.69, 9.17) is 0 Å². The molecule has 0 atom stereocenters. The molecule has 0 radical (unpaired) electrons. The molecular weight excluding hydrogens is 384 g/mol. The van der Waals surface area contributed by atoms with Gasteiger partial charge in [-0.25, -0.2) is 19.2 Å². The van der Waals surface area contributed by atoms with Crippen LogP contribution in [0.3, 0.4) is 0 Å². The van der Waals surface area contributed by atoms with Gasteiger partial charge in [0.15, 0.2) is 0 Å². The molecule has 30 heavy (non-hydrogen) atoms. The third-order valence-electron chi connectivity index (χ3n) is 5.04. The van der Waals surface area contributed by atoms with Gasteiger partial charge in [0.05, 0.1) is 22.3 Å². The van der Waals surface area contributed by atoms with E-state index in [1.165, 1.54) is 0 Å². The molecule has 6 nitrogen and oxygen atoms in total. The number of ether oxygens (including phenoxy) is 2. The van der Waals surface area contributed by atoms with Crippen molar-refractivity contribution in [3.05, 3.63) is 95.1 Å². The zero-order valence-corrected chi connectivity index (χ0v) is 15.4. The van der Waals surface area contributed by atoms with Crippen LogP contribution in [0.25, 0.3) is 21.5 Å². The van der Waals surface area contributed by atoms with Crippen molar-refractivity contribution in [2.24, 2.45) is 0 Å². The van der Waals surface area contributed by atoms with E-state index < -0.39 is 23.9 Å². The number of hydrogen-bond acceptors (Lipinski definition) is 6. The minimum absolute atomic E-state index is 0.360. The number of hydrogen-bond donors (Lipinski definition) is 0. The van der Waals surface area contributed by atoms with Crippen LogP contribution >= 0.6 is 0 Å². The first kappa shape index (κ1) is 17.8. The summed E-state index contributed by atoms with van der Waals surface area (Å²) in [6.45, 7) is 0. The van der Waals surface area contributed by atoms with E-state index in [-0.39, 0.29) is 0 Å². The largest absolute Gasteiger partial charge is 0.386 e.